The number of nitrogens with zero attached hydrogens (tertiary/aromatic N) is 3. The van der Waals surface area contributed by atoms with E-state index in [1.807, 2.05) is 79.0 Å². The molecule has 0 fully saturated rings. The first-order valence-electron chi connectivity index (χ1n) is 9.14. The Morgan fingerprint density at radius 1 is 0.931 bits per heavy atom. The average molecular weight is 380 g/mol. The lowest BCUT2D eigenvalue weighted by Gasteiger charge is -2.17. The number of hydrogen-bond donors (Lipinski definition) is 1. The molecule has 4 aromatic rings. The van der Waals surface area contributed by atoms with Crippen LogP contribution in [0.5, 0.6) is 5.75 Å². The largest absolute Gasteiger partial charge is 0.425 e. The minimum Gasteiger partial charge on any atom is -0.425 e. The van der Waals surface area contributed by atoms with Gasteiger partial charge in [0, 0.05) is 23.3 Å². The van der Waals surface area contributed by atoms with Gasteiger partial charge < -0.3 is 9.72 Å². The van der Waals surface area contributed by atoms with Crippen LogP contribution in [0, 0.1) is 0 Å². The fourth-order valence-electron chi connectivity index (χ4n) is 3.21. The van der Waals surface area contributed by atoms with Crippen LogP contribution in [0.2, 0.25) is 0 Å². The standard InChI is InChI=1S/C23H16N4O2/c28-22-20(14-16-15-25-21-19(16)12-7-13-24-21)26-23(29-18-10-5-2-6-11-18)27(22)17-8-3-1-4-9-17/h1-15H,(H,24,25)/b20-14-. The maximum absolute atomic E-state index is 13.2. The number of rotatable bonds is 3. The third-order valence-corrected chi connectivity index (χ3v) is 4.57. The van der Waals surface area contributed by atoms with Crippen LogP contribution in [0.4, 0.5) is 5.69 Å². The van der Waals surface area contributed by atoms with Gasteiger partial charge in [-0.25, -0.2) is 9.88 Å². The van der Waals surface area contributed by atoms with Gasteiger partial charge >= 0.3 is 6.02 Å². The first-order chi connectivity index (χ1) is 14.3. The molecule has 6 heteroatoms. The molecule has 1 N–H and O–H groups in total. The van der Waals surface area contributed by atoms with Crippen LogP contribution in [-0.4, -0.2) is 21.9 Å². The summed E-state index contributed by atoms with van der Waals surface area (Å²) in [5, 5.41) is 0.923. The van der Waals surface area contributed by atoms with Crippen molar-refractivity contribution in [1.82, 2.24) is 9.97 Å². The molecule has 2 aromatic heterocycles. The normalized spacial score (nSPS) is 15.2. The molecule has 29 heavy (non-hydrogen) atoms. The van der Waals surface area contributed by atoms with Crippen LogP contribution in [0.1, 0.15) is 5.56 Å². The summed E-state index contributed by atoms with van der Waals surface area (Å²) in [6.45, 7) is 0. The summed E-state index contributed by atoms with van der Waals surface area (Å²) in [7, 11) is 0. The zero-order valence-corrected chi connectivity index (χ0v) is 15.3. The quantitative estimate of drug-likeness (QED) is 0.536. The van der Waals surface area contributed by atoms with Gasteiger partial charge in [-0.15, -0.1) is 0 Å². The molecule has 6 nitrogen and oxygen atoms in total. The van der Waals surface area contributed by atoms with Crippen LogP contribution in [0.3, 0.4) is 0 Å². The Bertz CT molecular complexity index is 1240. The van der Waals surface area contributed by atoms with Gasteiger partial charge in [-0.3, -0.25) is 4.79 Å². The summed E-state index contributed by atoms with van der Waals surface area (Å²) in [6.07, 6.45) is 5.29. The molecule has 2 aromatic carbocycles. The van der Waals surface area contributed by atoms with Gasteiger partial charge in [0.2, 0.25) is 0 Å². The lowest BCUT2D eigenvalue weighted by atomic mass is 10.2. The number of aromatic nitrogens is 2. The number of benzene rings is 2. The van der Waals surface area contributed by atoms with E-state index in [1.54, 1.807) is 12.3 Å². The smallest absolute Gasteiger partial charge is 0.310 e. The van der Waals surface area contributed by atoms with E-state index in [-0.39, 0.29) is 11.9 Å². The van der Waals surface area contributed by atoms with Crippen molar-refractivity contribution in [2.75, 3.05) is 4.90 Å². The Morgan fingerprint density at radius 3 is 2.48 bits per heavy atom. The monoisotopic (exact) mass is 380 g/mol. The number of hydrogen-bond acceptors (Lipinski definition) is 4. The molecule has 0 aliphatic carbocycles. The van der Waals surface area contributed by atoms with Crippen LogP contribution < -0.4 is 9.64 Å². The van der Waals surface area contributed by atoms with Crippen molar-refractivity contribution in [1.29, 1.82) is 0 Å². The third-order valence-electron chi connectivity index (χ3n) is 4.57. The maximum Gasteiger partial charge on any atom is 0.310 e. The highest BCUT2D eigenvalue weighted by Gasteiger charge is 2.33. The van der Waals surface area contributed by atoms with Gasteiger partial charge in [-0.1, -0.05) is 36.4 Å². The van der Waals surface area contributed by atoms with Gasteiger partial charge in [0.05, 0.1) is 5.69 Å². The number of carbonyl (C=O) groups excluding carboxylic acids is 1. The number of ether oxygens (including phenoxy) is 1. The van der Waals surface area contributed by atoms with Crippen LogP contribution in [0.25, 0.3) is 17.1 Å². The Morgan fingerprint density at radius 2 is 1.69 bits per heavy atom. The number of aliphatic imine (C=N–C) groups is 1. The van der Waals surface area contributed by atoms with E-state index in [4.69, 9.17) is 4.74 Å². The molecule has 5 rings (SSSR count). The fraction of sp³-hybridized carbons (Fsp3) is 0. The molecule has 0 radical (unpaired) electrons. The van der Waals surface area contributed by atoms with Gasteiger partial charge in [0.15, 0.2) is 0 Å². The minimum atomic E-state index is -0.250. The van der Waals surface area contributed by atoms with Crippen molar-refractivity contribution >= 4 is 34.7 Å². The zero-order chi connectivity index (χ0) is 19.6. The van der Waals surface area contributed by atoms with Crippen molar-refractivity contribution in [2.45, 2.75) is 0 Å². The number of amidine groups is 1. The first kappa shape index (κ1) is 16.9. The Balaban J connectivity index is 1.58. The Hall–Kier alpha value is -4.19. The zero-order valence-electron chi connectivity index (χ0n) is 15.3. The Labute approximate surface area is 166 Å². The fourth-order valence-corrected chi connectivity index (χ4v) is 3.21. The molecule has 1 aliphatic heterocycles. The maximum atomic E-state index is 13.2. The van der Waals surface area contributed by atoms with Crippen molar-refractivity contribution in [3.63, 3.8) is 0 Å². The highest BCUT2D eigenvalue weighted by atomic mass is 16.5. The van der Waals surface area contributed by atoms with E-state index in [0.29, 0.717) is 17.1 Å². The number of aromatic amines is 1. The Kier molecular flexibility index (Phi) is 4.14. The van der Waals surface area contributed by atoms with E-state index in [0.717, 1.165) is 16.6 Å². The second-order valence-electron chi connectivity index (χ2n) is 6.46. The van der Waals surface area contributed by atoms with Crippen molar-refractivity contribution in [3.05, 3.63) is 96.5 Å². The lowest BCUT2D eigenvalue weighted by Crippen LogP contribution is -2.35. The van der Waals surface area contributed by atoms with Crippen LogP contribution >= 0.6 is 0 Å². The number of amides is 1. The number of anilines is 1. The molecule has 0 atom stereocenters. The molecule has 0 spiro atoms. The summed E-state index contributed by atoms with van der Waals surface area (Å²) in [6, 6.07) is 22.6. The van der Waals surface area contributed by atoms with E-state index in [9.17, 15) is 4.79 Å². The first-order valence-corrected chi connectivity index (χ1v) is 9.14. The molecular formula is C23H16N4O2. The second-order valence-corrected chi connectivity index (χ2v) is 6.46. The van der Waals surface area contributed by atoms with Gasteiger partial charge in [-0.2, -0.15) is 4.99 Å². The third kappa shape index (κ3) is 3.17. The number of para-hydroxylation sites is 2. The summed E-state index contributed by atoms with van der Waals surface area (Å²) in [5.41, 5.74) is 2.59. The molecule has 0 saturated heterocycles. The van der Waals surface area contributed by atoms with E-state index < -0.39 is 0 Å². The number of pyridine rings is 1. The van der Waals surface area contributed by atoms with Crippen molar-refractivity contribution < 1.29 is 9.53 Å². The average Bonchev–Trinajstić information content (AvgIpc) is 3.31. The topological polar surface area (TPSA) is 70.6 Å². The molecule has 0 unspecified atom stereocenters. The molecule has 1 amide bonds. The number of nitrogens with one attached hydrogen (secondary N) is 1. The van der Waals surface area contributed by atoms with Gasteiger partial charge in [0.25, 0.3) is 5.91 Å². The van der Waals surface area contributed by atoms with Crippen LogP contribution in [0.15, 0.2) is 95.9 Å². The lowest BCUT2D eigenvalue weighted by molar-refractivity contribution is -0.113. The minimum absolute atomic E-state index is 0.219. The highest BCUT2D eigenvalue weighted by molar-refractivity contribution is 6.27. The molecule has 0 saturated carbocycles. The van der Waals surface area contributed by atoms with E-state index in [1.165, 1.54) is 4.90 Å². The van der Waals surface area contributed by atoms with Crippen molar-refractivity contribution in [2.24, 2.45) is 4.99 Å². The SMILES string of the molecule is O=C1/C(=C/c2c[nH]c3ncccc23)N=C(Oc2ccccc2)N1c1ccccc1. The number of H-pyrrole nitrogens is 1. The summed E-state index contributed by atoms with van der Waals surface area (Å²) >= 11 is 0. The van der Waals surface area contributed by atoms with E-state index >= 15 is 0 Å². The van der Waals surface area contributed by atoms with Crippen LogP contribution in [-0.2, 0) is 4.79 Å². The molecule has 3 heterocycles. The molecule has 1 aliphatic rings. The summed E-state index contributed by atoms with van der Waals surface area (Å²) < 4.78 is 5.94. The summed E-state index contributed by atoms with van der Waals surface area (Å²) in [4.78, 5) is 26.6. The van der Waals surface area contributed by atoms with Gasteiger partial charge in [-0.05, 0) is 42.5 Å². The van der Waals surface area contributed by atoms with E-state index in [2.05, 4.69) is 15.0 Å². The molecular weight excluding hydrogens is 364 g/mol. The predicted molar refractivity (Wildman–Crippen MR) is 113 cm³/mol. The van der Waals surface area contributed by atoms with Crippen molar-refractivity contribution in [3.8, 4) is 5.75 Å². The number of carbonyl (C=O) groups is 1. The predicted octanol–water partition coefficient (Wildman–Crippen LogP) is 4.39. The second kappa shape index (κ2) is 7.09. The molecule has 140 valence electrons. The molecule has 0 bridgehead atoms. The highest BCUT2D eigenvalue weighted by Crippen LogP contribution is 2.28. The van der Waals surface area contributed by atoms with Gasteiger partial charge in [0.1, 0.15) is 17.1 Å². The number of fused-ring (bicyclic) bond motifs is 1. The summed E-state index contributed by atoms with van der Waals surface area (Å²) in [5.74, 6) is 0.359.